The minimum absolute atomic E-state index is 0.181. The number of aromatic nitrogens is 2. The van der Waals surface area contributed by atoms with Gasteiger partial charge in [0.25, 0.3) is 0 Å². The summed E-state index contributed by atoms with van der Waals surface area (Å²) in [6.45, 7) is 0. The largest absolute Gasteiger partial charge is 0.438 e. The van der Waals surface area contributed by atoms with Gasteiger partial charge in [0.15, 0.2) is 5.78 Å². The molecule has 0 atom stereocenters. The highest BCUT2D eigenvalue weighted by atomic mass is 35.5. The van der Waals surface area contributed by atoms with Crippen molar-refractivity contribution < 1.29 is 40.6 Å². The third-order valence-corrected chi connectivity index (χ3v) is 5.47. The van der Waals surface area contributed by atoms with Crippen molar-refractivity contribution in [2.24, 2.45) is 0 Å². The van der Waals surface area contributed by atoms with E-state index in [1.165, 1.54) is 48.5 Å². The van der Waals surface area contributed by atoms with E-state index in [0.29, 0.717) is 24.5 Å². The van der Waals surface area contributed by atoms with Gasteiger partial charge in [-0.2, -0.15) is 26.3 Å². The second kappa shape index (κ2) is 10.5. The molecule has 38 heavy (non-hydrogen) atoms. The number of rotatable bonds is 6. The molecule has 0 saturated carbocycles. The number of carbonyl (C=O) groups is 1. The molecule has 0 N–H and O–H groups in total. The Labute approximate surface area is 220 Å². The van der Waals surface area contributed by atoms with Crippen LogP contribution in [-0.2, 0) is 12.4 Å². The molecule has 5 nitrogen and oxygen atoms in total. The molecule has 0 aliphatic rings. The Morgan fingerprint density at radius 2 is 0.974 bits per heavy atom. The topological polar surface area (TPSA) is 61.3 Å². The van der Waals surface area contributed by atoms with Crippen LogP contribution in [0.1, 0.15) is 27.0 Å². The molecular formula is C25H12Cl2F6N2O3. The standard InChI is InChI=1S/C25H12Cl2F6N2O3/c26-19-9-15(24(28,29)30)11-34-22(19)37-17-5-1-13(2-6-17)21(36)14-3-7-18(8-4-14)38-23-20(27)10-16(12-35-23)25(31,32)33/h1-12H. The summed E-state index contributed by atoms with van der Waals surface area (Å²) in [5, 5.41) is -0.676. The number of pyridine rings is 2. The van der Waals surface area contributed by atoms with Crippen LogP contribution in [0.4, 0.5) is 26.3 Å². The van der Waals surface area contributed by atoms with Gasteiger partial charge in [0.2, 0.25) is 11.8 Å². The lowest BCUT2D eigenvalue weighted by Crippen LogP contribution is -2.06. The van der Waals surface area contributed by atoms with Crippen molar-refractivity contribution in [1.29, 1.82) is 0 Å². The third kappa shape index (κ3) is 6.35. The number of halogens is 8. The quantitative estimate of drug-likeness (QED) is 0.171. The van der Waals surface area contributed by atoms with E-state index in [1.54, 1.807) is 0 Å². The number of ketones is 1. The maximum absolute atomic E-state index is 12.8. The Morgan fingerprint density at radius 3 is 1.26 bits per heavy atom. The van der Waals surface area contributed by atoms with Gasteiger partial charge in [0.1, 0.15) is 21.5 Å². The van der Waals surface area contributed by atoms with Gasteiger partial charge in [0.05, 0.1) is 11.1 Å². The zero-order chi connectivity index (χ0) is 27.7. The normalized spacial score (nSPS) is 11.8. The summed E-state index contributed by atoms with van der Waals surface area (Å²) in [5.74, 6) is -0.492. The van der Waals surface area contributed by atoms with Crippen LogP contribution >= 0.6 is 23.2 Å². The van der Waals surface area contributed by atoms with E-state index < -0.39 is 23.5 Å². The molecule has 13 heteroatoms. The highest BCUT2D eigenvalue weighted by Crippen LogP contribution is 2.36. The smallest absolute Gasteiger partial charge is 0.417 e. The molecule has 4 rings (SSSR count). The summed E-state index contributed by atoms with van der Waals surface area (Å²) in [5.41, 5.74) is -1.51. The average Bonchev–Trinajstić information content (AvgIpc) is 2.86. The third-order valence-electron chi connectivity index (χ3n) is 4.93. The molecule has 196 valence electrons. The van der Waals surface area contributed by atoms with Crippen molar-refractivity contribution in [2.45, 2.75) is 12.4 Å². The minimum atomic E-state index is -4.60. The van der Waals surface area contributed by atoms with E-state index in [9.17, 15) is 31.1 Å². The van der Waals surface area contributed by atoms with Crippen LogP contribution in [0, 0.1) is 0 Å². The first-order valence-corrected chi connectivity index (χ1v) is 11.1. The molecule has 0 unspecified atom stereocenters. The summed E-state index contributed by atoms with van der Waals surface area (Å²) in [7, 11) is 0. The van der Waals surface area contributed by atoms with E-state index in [1.807, 2.05) is 0 Å². The van der Waals surface area contributed by atoms with Gasteiger partial charge in [-0.3, -0.25) is 4.79 Å². The second-order valence-corrected chi connectivity index (χ2v) is 8.41. The Balaban J connectivity index is 1.42. The van der Waals surface area contributed by atoms with Crippen LogP contribution in [0.2, 0.25) is 10.0 Å². The predicted octanol–water partition coefficient (Wildman–Crippen LogP) is 8.64. The Kier molecular flexibility index (Phi) is 7.52. The van der Waals surface area contributed by atoms with Gasteiger partial charge in [0, 0.05) is 23.5 Å². The van der Waals surface area contributed by atoms with Crippen LogP contribution in [0.5, 0.6) is 23.3 Å². The number of benzene rings is 2. The lowest BCUT2D eigenvalue weighted by Gasteiger charge is -2.11. The fraction of sp³-hybridized carbons (Fsp3) is 0.0800. The highest BCUT2D eigenvalue weighted by molar-refractivity contribution is 6.32. The van der Waals surface area contributed by atoms with Gasteiger partial charge in [-0.15, -0.1) is 0 Å². The zero-order valence-corrected chi connectivity index (χ0v) is 20.1. The maximum atomic E-state index is 12.8. The molecule has 0 bridgehead atoms. The van der Waals surface area contributed by atoms with E-state index in [4.69, 9.17) is 32.7 Å². The fourth-order valence-corrected chi connectivity index (χ4v) is 3.46. The number of nitrogens with zero attached hydrogens (tertiary/aromatic N) is 2. The molecule has 2 aromatic heterocycles. The monoisotopic (exact) mass is 572 g/mol. The van der Waals surface area contributed by atoms with Crippen LogP contribution in [-0.4, -0.2) is 15.8 Å². The SMILES string of the molecule is O=C(c1ccc(Oc2ncc(C(F)(F)F)cc2Cl)cc1)c1ccc(Oc2ncc(C(F)(F)F)cc2Cl)cc1. The van der Waals surface area contributed by atoms with Crippen LogP contribution in [0.25, 0.3) is 0 Å². The number of hydrogen-bond acceptors (Lipinski definition) is 5. The van der Waals surface area contributed by atoms with Crippen LogP contribution in [0.3, 0.4) is 0 Å². The molecule has 0 spiro atoms. The predicted molar refractivity (Wildman–Crippen MR) is 125 cm³/mol. The summed E-state index contributed by atoms with van der Waals surface area (Å²) >= 11 is 11.7. The van der Waals surface area contributed by atoms with Crippen molar-refractivity contribution in [3.05, 3.63) is 105 Å². The Bertz CT molecular complexity index is 1360. The van der Waals surface area contributed by atoms with Gasteiger partial charge < -0.3 is 9.47 Å². The summed E-state index contributed by atoms with van der Waals surface area (Å²) in [6, 6.07) is 12.8. The van der Waals surface area contributed by atoms with Crippen LogP contribution < -0.4 is 9.47 Å². The zero-order valence-electron chi connectivity index (χ0n) is 18.6. The van der Waals surface area contributed by atoms with Crippen molar-refractivity contribution in [1.82, 2.24) is 9.97 Å². The fourth-order valence-electron chi connectivity index (χ4n) is 3.05. The second-order valence-electron chi connectivity index (χ2n) is 7.60. The molecular weight excluding hydrogens is 561 g/mol. The Morgan fingerprint density at radius 1 is 0.632 bits per heavy atom. The minimum Gasteiger partial charge on any atom is -0.438 e. The Hall–Kier alpha value is -3.83. The molecule has 0 amide bonds. The first-order chi connectivity index (χ1) is 17.8. The summed E-state index contributed by atoms with van der Waals surface area (Å²) < 4.78 is 87.3. The van der Waals surface area contributed by atoms with Gasteiger partial charge in [-0.05, 0) is 60.7 Å². The van der Waals surface area contributed by atoms with Crippen molar-refractivity contribution in [2.75, 3.05) is 0 Å². The molecule has 2 heterocycles. The molecule has 0 aliphatic carbocycles. The number of ether oxygens (including phenoxy) is 2. The van der Waals surface area contributed by atoms with Crippen molar-refractivity contribution in [3.63, 3.8) is 0 Å². The molecule has 0 radical (unpaired) electrons. The van der Waals surface area contributed by atoms with E-state index >= 15 is 0 Å². The number of carbonyl (C=O) groups excluding carboxylic acids is 1. The first-order valence-electron chi connectivity index (χ1n) is 10.4. The lowest BCUT2D eigenvalue weighted by atomic mass is 10.0. The van der Waals surface area contributed by atoms with Crippen molar-refractivity contribution >= 4 is 29.0 Å². The first kappa shape index (κ1) is 27.2. The average molecular weight is 573 g/mol. The molecule has 0 saturated heterocycles. The number of hydrogen-bond donors (Lipinski definition) is 0. The van der Waals surface area contributed by atoms with Crippen LogP contribution in [0.15, 0.2) is 73.1 Å². The lowest BCUT2D eigenvalue weighted by molar-refractivity contribution is -0.138. The van der Waals surface area contributed by atoms with Gasteiger partial charge in [-0.25, -0.2) is 9.97 Å². The molecule has 0 aliphatic heterocycles. The summed E-state index contributed by atoms with van der Waals surface area (Å²) in [4.78, 5) is 20.0. The van der Waals surface area contributed by atoms with E-state index in [0.717, 1.165) is 0 Å². The molecule has 0 fully saturated rings. The van der Waals surface area contributed by atoms with Gasteiger partial charge >= 0.3 is 12.4 Å². The maximum Gasteiger partial charge on any atom is 0.417 e. The van der Waals surface area contributed by atoms with E-state index in [-0.39, 0.29) is 50.2 Å². The molecule has 2 aromatic carbocycles. The van der Waals surface area contributed by atoms with E-state index in [2.05, 4.69) is 9.97 Å². The number of alkyl halides is 6. The van der Waals surface area contributed by atoms with Crippen molar-refractivity contribution in [3.8, 4) is 23.3 Å². The molecule has 4 aromatic rings. The van der Waals surface area contributed by atoms with Gasteiger partial charge in [-0.1, -0.05) is 23.2 Å². The summed E-state index contributed by atoms with van der Waals surface area (Å²) in [6.07, 6.45) is -8.02. The highest BCUT2D eigenvalue weighted by Gasteiger charge is 2.32.